The molecule has 0 saturated heterocycles. The van der Waals surface area contributed by atoms with Crippen LogP contribution in [0.2, 0.25) is 0 Å². The Kier molecular flexibility index (Phi) is 3.87. The monoisotopic (exact) mass is 153 g/mol. The molecule has 0 amide bonds. The molecule has 0 aromatic heterocycles. The van der Waals surface area contributed by atoms with Gasteiger partial charge < -0.3 is 10.0 Å². The van der Waals surface area contributed by atoms with E-state index in [9.17, 15) is 5.21 Å². The molecule has 0 heterocycles. The van der Waals surface area contributed by atoms with Crippen LogP contribution >= 0.6 is 11.6 Å². The van der Waals surface area contributed by atoms with Crippen molar-refractivity contribution in [2.24, 2.45) is 5.28 Å². The average Bonchev–Trinajstić information content (AvgIpc) is 1.82. The van der Waals surface area contributed by atoms with E-state index in [1.54, 1.807) is 0 Å². The Labute approximate surface area is 58.0 Å². The summed E-state index contributed by atoms with van der Waals surface area (Å²) in [5.74, 6) is 0. The number of rotatable bonds is 3. The zero-order valence-electron chi connectivity index (χ0n) is 5.24. The van der Waals surface area contributed by atoms with Crippen molar-refractivity contribution in [2.75, 3.05) is 20.2 Å². The van der Waals surface area contributed by atoms with Gasteiger partial charge in [0.1, 0.15) is 0 Å². The second-order valence-corrected chi connectivity index (χ2v) is 1.64. The van der Waals surface area contributed by atoms with Crippen LogP contribution in [-0.2, 0) is 4.84 Å². The molecule has 0 spiro atoms. The van der Waals surface area contributed by atoms with E-state index in [1.807, 2.05) is 0 Å². The Hall–Kier alpha value is -0.710. The normalized spacial score (nSPS) is 11.2. The maximum atomic E-state index is 10.4. The first-order valence-corrected chi connectivity index (χ1v) is 2.75. The number of halogens is 1. The highest BCUT2D eigenvalue weighted by Gasteiger charge is 1.94. The molecule has 0 atom stereocenters. The van der Waals surface area contributed by atoms with Gasteiger partial charge in [0.25, 0.3) is 0 Å². The minimum Gasteiger partial charge on any atom is -0.569 e. The molecule has 5 nitrogen and oxygen atoms in total. The first kappa shape index (κ1) is 8.29. The lowest BCUT2D eigenvalue weighted by molar-refractivity contribution is -0.699. The highest BCUT2D eigenvalue weighted by Crippen LogP contribution is 1.83. The Morgan fingerprint density at radius 1 is 1.78 bits per heavy atom. The lowest BCUT2D eigenvalue weighted by Crippen LogP contribution is -2.20. The third-order valence-electron chi connectivity index (χ3n) is 0.519. The van der Waals surface area contributed by atoms with Gasteiger partial charge in [-0.2, -0.15) is 5.01 Å². The van der Waals surface area contributed by atoms with E-state index < -0.39 is 0 Å². The minimum absolute atomic E-state index is 0.118. The SMILES string of the molecule is CN(C)/[N+]([O-])=N/OCCl. The molecule has 0 aliphatic carbocycles. The first-order chi connectivity index (χ1) is 4.18. The average molecular weight is 154 g/mol. The second kappa shape index (κ2) is 4.20. The standard InChI is InChI=1S/C3H8ClN3O2/c1-6(2)7(8)5-9-3-4/h3H2,1-2H3/b7-5-. The molecule has 0 N–H and O–H groups in total. The summed E-state index contributed by atoms with van der Waals surface area (Å²) in [6.45, 7) is 0. The van der Waals surface area contributed by atoms with Gasteiger partial charge >= 0.3 is 0 Å². The molecule has 0 unspecified atom stereocenters. The van der Waals surface area contributed by atoms with Gasteiger partial charge in [-0.1, -0.05) is 11.6 Å². The van der Waals surface area contributed by atoms with Gasteiger partial charge in [-0.05, 0) is 0 Å². The van der Waals surface area contributed by atoms with Crippen LogP contribution < -0.4 is 0 Å². The number of hydrogen-bond acceptors (Lipinski definition) is 3. The molecule has 0 rings (SSSR count). The van der Waals surface area contributed by atoms with E-state index in [0.717, 1.165) is 0 Å². The molecule has 9 heavy (non-hydrogen) atoms. The van der Waals surface area contributed by atoms with Crippen LogP contribution in [0.1, 0.15) is 0 Å². The molecule has 0 bridgehead atoms. The highest BCUT2D eigenvalue weighted by atomic mass is 35.5. The van der Waals surface area contributed by atoms with Crippen LogP contribution in [0.25, 0.3) is 0 Å². The van der Waals surface area contributed by atoms with Crippen LogP contribution in [-0.4, -0.2) is 30.1 Å². The van der Waals surface area contributed by atoms with Crippen molar-refractivity contribution >= 4 is 11.6 Å². The number of nitrogens with zero attached hydrogens (tertiary/aromatic N) is 3. The number of hydrogen-bond donors (Lipinski definition) is 0. The smallest absolute Gasteiger partial charge is 0.234 e. The fourth-order valence-corrected chi connectivity index (χ4v) is 0.188. The first-order valence-electron chi connectivity index (χ1n) is 2.22. The number of alkyl halides is 1. The van der Waals surface area contributed by atoms with Gasteiger partial charge in [0, 0.05) is 0 Å². The molecular formula is C3H8ClN3O2. The van der Waals surface area contributed by atoms with Crippen molar-refractivity contribution in [2.45, 2.75) is 0 Å². The van der Waals surface area contributed by atoms with E-state index in [2.05, 4.69) is 10.1 Å². The maximum absolute atomic E-state index is 10.4. The van der Waals surface area contributed by atoms with E-state index in [4.69, 9.17) is 11.6 Å². The van der Waals surface area contributed by atoms with Crippen LogP contribution in [0, 0.1) is 5.21 Å². The summed E-state index contributed by atoms with van der Waals surface area (Å²) in [4.78, 5) is 4.50. The second-order valence-electron chi connectivity index (χ2n) is 1.42. The van der Waals surface area contributed by atoms with Crippen molar-refractivity contribution in [1.29, 1.82) is 0 Å². The van der Waals surface area contributed by atoms with Crippen molar-refractivity contribution in [3.63, 3.8) is 0 Å². The summed E-state index contributed by atoms with van der Waals surface area (Å²) in [7, 11) is 3.07. The van der Waals surface area contributed by atoms with Crippen molar-refractivity contribution in [3.05, 3.63) is 5.21 Å². The van der Waals surface area contributed by atoms with E-state index >= 15 is 0 Å². The summed E-state index contributed by atoms with van der Waals surface area (Å²) < 4.78 is 0. The number of hydrazine groups is 1. The van der Waals surface area contributed by atoms with Gasteiger partial charge in [0.15, 0.2) is 6.07 Å². The summed E-state index contributed by atoms with van der Waals surface area (Å²) in [5.41, 5.74) is 0. The van der Waals surface area contributed by atoms with Gasteiger partial charge in [0.2, 0.25) is 5.28 Å². The summed E-state index contributed by atoms with van der Waals surface area (Å²) in [6, 6.07) is -0.118. The topological polar surface area (TPSA) is 50.9 Å². The predicted molar refractivity (Wildman–Crippen MR) is 31.5 cm³/mol. The molecular weight excluding hydrogens is 146 g/mol. The third-order valence-corrected chi connectivity index (χ3v) is 0.616. The molecule has 0 aliphatic heterocycles. The largest absolute Gasteiger partial charge is 0.569 e. The third kappa shape index (κ3) is 3.84. The quantitative estimate of drug-likeness (QED) is 0.258. The summed E-state index contributed by atoms with van der Waals surface area (Å²) in [6.07, 6.45) is 0. The Bertz CT molecular complexity index is 105. The van der Waals surface area contributed by atoms with Gasteiger partial charge in [-0.25, -0.2) is 0 Å². The maximum Gasteiger partial charge on any atom is 0.234 e. The van der Waals surface area contributed by atoms with Gasteiger partial charge in [-0.3, -0.25) is 0 Å². The molecule has 0 aromatic rings. The lowest BCUT2D eigenvalue weighted by atomic mass is 11.2. The van der Waals surface area contributed by atoms with Crippen molar-refractivity contribution in [1.82, 2.24) is 5.01 Å². The molecule has 0 radical (unpaired) electrons. The molecule has 6 heteroatoms. The summed E-state index contributed by atoms with van der Waals surface area (Å²) >= 11 is 5.05. The summed E-state index contributed by atoms with van der Waals surface area (Å²) in [5, 5.41) is 14.6. The van der Waals surface area contributed by atoms with Crippen molar-refractivity contribution in [3.8, 4) is 0 Å². The van der Waals surface area contributed by atoms with Crippen molar-refractivity contribution < 1.29 is 9.81 Å². The highest BCUT2D eigenvalue weighted by molar-refractivity contribution is 6.17. The molecule has 0 aliphatic rings. The van der Waals surface area contributed by atoms with Gasteiger partial charge in [0.05, 0.1) is 19.1 Å². The van der Waals surface area contributed by atoms with Crippen LogP contribution in [0.4, 0.5) is 0 Å². The zero-order chi connectivity index (χ0) is 7.28. The predicted octanol–water partition coefficient (Wildman–Crippen LogP) is 0.553. The van der Waals surface area contributed by atoms with E-state index in [1.165, 1.54) is 19.1 Å². The van der Waals surface area contributed by atoms with E-state index in [0.29, 0.717) is 0 Å². The Morgan fingerprint density at radius 3 is 2.67 bits per heavy atom. The molecule has 0 fully saturated rings. The molecule has 54 valence electrons. The van der Waals surface area contributed by atoms with Crippen LogP contribution in [0.5, 0.6) is 0 Å². The molecule has 0 saturated carbocycles. The van der Waals surface area contributed by atoms with Crippen LogP contribution in [0.15, 0.2) is 5.28 Å². The fraction of sp³-hybridized carbons (Fsp3) is 1.00. The zero-order valence-corrected chi connectivity index (χ0v) is 6.00. The molecule has 0 aromatic carbocycles. The fourth-order valence-electron chi connectivity index (χ4n) is 0.144. The van der Waals surface area contributed by atoms with Gasteiger partial charge in [-0.15, -0.1) is 0 Å². The van der Waals surface area contributed by atoms with Crippen LogP contribution in [0.3, 0.4) is 0 Å². The Balaban J connectivity index is 3.55. The lowest BCUT2D eigenvalue weighted by Gasteiger charge is -2.04. The minimum atomic E-state index is -0.118. The van der Waals surface area contributed by atoms with E-state index in [-0.39, 0.29) is 11.0 Å². The Morgan fingerprint density at radius 2 is 2.33 bits per heavy atom.